The zero-order valence-corrected chi connectivity index (χ0v) is 10.9. The Morgan fingerprint density at radius 2 is 1.94 bits per heavy atom. The van der Waals surface area contributed by atoms with Gasteiger partial charge in [0.1, 0.15) is 0 Å². The van der Waals surface area contributed by atoms with E-state index in [1.54, 1.807) is 6.07 Å². The molecule has 0 aliphatic rings. The van der Waals surface area contributed by atoms with Crippen LogP contribution in [0.2, 0.25) is 0 Å². The first-order valence-corrected chi connectivity index (χ1v) is 6.27. The van der Waals surface area contributed by atoms with Gasteiger partial charge >= 0.3 is 5.97 Å². The fourth-order valence-corrected chi connectivity index (χ4v) is 1.87. The molecule has 1 aromatic carbocycles. The number of carboxylic acid groups (broad SMARTS) is 1. The highest BCUT2D eigenvalue weighted by atomic mass is 35.5. The average Bonchev–Trinajstić information content (AvgIpc) is 2.37. The molecule has 1 atom stereocenters. The molecule has 2 N–H and O–H groups in total. The van der Waals surface area contributed by atoms with Crippen LogP contribution in [-0.4, -0.2) is 27.8 Å². The maximum absolute atomic E-state index is 11.8. The van der Waals surface area contributed by atoms with Gasteiger partial charge in [-0.2, -0.15) is 0 Å². The third-order valence-electron chi connectivity index (χ3n) is 2.42. The minimum atomic E-state index is -1.75. The second kappa shape index (κ2) is 6.73. The largest absolute Gasteiger partial charge is 0.479 e. The summed E-state index contributed by atoms with van der Waals surface area (Å²) in [5, 5.41) is 18.4. The number of aliphatic hydroxyl groups excluding tert-OH is 1. The number of carboxylic acids is 1. The highest BCUT2D eigenvalue weighted by Crippen LogP contribution is 2.22. The first kappa shape index (κ1) is 15.0. The summed E-state index contributed by atoms with van der Waals surface area (Å²) in [6.07, 6.45) is -1.66. The van der Waals surface area contributed by atoms with E-state index in [0.29, 0.717) is 5.56 Å². The molecule has 0 saturated heterocycles. The number of halogens is 2. The van der Waals surface area contributed by atoms with Crippen LogP contribution in [-0.2, 0) is 10.7 Å². The van der Waals surface area contributed by atoms with Crippen molar-refractivity contribution < 1.29 is 19.8 Å². The number of carbonyl (C=O) groups is 2. The first-order valence-electron chi connectivity index (χ1n) is 5.20. The van der Waals surface area contributed by atoms with Crippen LogP contribution in [0.5, 0.6) is 0 Å². The molecule has 0 amide bonds. The predicted molar refractivity (Wildman–Crippen MR) is 68.3 cm³/mol. The van der Waals surface area contributed by atoms with Crippen LogP contribution >= 0.6 is 23.2 Å². The van der Waals surface area contributed by atoms with Crippen LogP contribution in [0, 0.1) is 0 Å². The van der Waals surface area contributed by atoms with E-state index in [1.807, 2.05) is 0 Å². The van der Waals surface area contributed by atoms with Crippen molar-refractivity contribution in [3.63, 3.8) is 0 Å². The van der Waals surface area contributed by atoms with E-state index in [9.17, 15) is 14.7 Å². The Bertz CT molecular complexity index is 459. The molecular formula is C12H12Cl2O4. The second-order valence-corrected chi connectivity index (χ2v) is 4.30. The van der Waals surface area contributed by atoms with Crippen LogP contribution in [0.4, 0.5) is 0 Å². The number of rotatable bonds is 6. The van der Waals surface area contributed by atoms with Crippen molar-refractivity contribution in [1.29, 1.82) is 0 Å². The van der Waals surface area contributed by atoms with Crippen LogP contribution in [0.1, 0.15) is 34.0 Å². The van der Waals surface area contributed by atoms with Crippen molar-refractivity contribution in [2.24, 2.45) is 0 Å². The summed E-state index contributed by atoms with van der Waals surface area (Å²) in [6, 6.07) is 4.51. The summed E-state index contributed by atoms with van der Waals surface area (Å²) in [5.74, 6) is -1.41. The molecule has 0 aromatic heterocycles. The van der Waals surface area contributed by atoms with E-state index >= 15 is 0 Å². The first-order chi connectivity index (χ1) is 8.51. The molecule has 1 aromatic rings. The lowest BCUT2D eigenvalue weighted by molar-refractivity contribution is -0.146. The molecule has 18 heavy (non-hydrogen) atoms. The number of benzene rings is 1. The number of alkyl halides is 2. The summed E-state index contributed by atoms with van der Waals surface area (Å²) in [6.45, 7) is 0. The van der Waals surface area contributed by atoms with Gasteiger partial charge in [-0.1, -0.05) is 18.2 Å². The Labute approximate surface area is 114 Å². The molecule has 0 spiro atoms. The van der Waals surface area contributed by atoms with Crippen LogP contribution < -0.4 is 0 Å². The number of ketones is 1. The Morgan fingerprint density at radius 3 is 2.44 bits per heavy atom. The maximum Gasteiger partial charge on any atom is 0.337 e. The van der Waals surface area contributed by atoms with E-state index in [1.165, 1.54) is 12.1 Å². The molecule has 0 saturated carbocycles. The Hall–Kier alpha value is -1.10. The lowest BCUT2D eigenvalue weighted by Gasteiger charge is -2.12. The van der Waals surface area contributed by atoms with Gasteiger partial charge in [-0.25, -0.2) is 4.79 Å². The molecule has 1 unspecified atom stereocenters. The standard InChI is InChI=1S/C12H12Cl2O4/c13-4-3-10(15)8-2-1-7(6-14)5-9(8)11(16)12(17)18/h1-2,5,11,16H,3-4,6H2,(H,17,18). The van der Waals surface area contributed by atoms with E-state index < -0.39 is 12.1 Å². The smallest absolute Gasteiger partial charge is 0.337 e. The average molecular weight is 291 g/mol. The van der Waals surface area contributed by atoms with Gasteiger partial charge in [-0.05, 0) is 5.56 Å². The molecule has 98 valence electrons. The second-order valence-electron chi connectivity index (χ2n) is 3.66. The highest BCUT2D eigenvalue weighted by Gasteiger charge is 2.22. The molecule has 0 heterocycles. The minimum absolute atomic E-state index is 0.0516. The van der Waals surface area contributed by atoms with Gasteiger partial charge in [0.2, 0.25) is 0 Å². The molecular weight excluding hydrogens is 279 g/mol. The lowest BCUT2D eigenvalue weighted by atomic mass is 9.96. The number of carbonyl (C=O) groups excluding carboxylic acids is 1. The summed E-state index contributed by atoms with van der Waals surface area (Å²) in [4.78, 5) is 22.6. The molecule has 6 heteroatoms. The van der Waals surface area contributed by atoms with Crippen LogP contribution in [0.25, 0.3) is 0 Å². The van der Waals surface area contributed by atoms with Crippen molar-refractivity contribution in [3.8, 4) is 0 Å². The SMILES string of the molecule is O=C(CCCl)c1ccc(CCl)cc1C(O)C(=O)O. The van der Waals surface area contributed by atoms with E-state index in [-0.39, 0.29) is 35.1 Å². The number of aliphatic carboxylic acids is 1. The molecule has 0 aliphatic heterocycles. The lowest BCUT2D eigenvalue weighted by Crippen LogP contribution is -2.15. The van der Waals surface area contributed by atoms with E-state index in [0.717, 1.165) is 0 Å². The molecule has 0 bridgehead atoms. The van der Waals surface area contributed by atoms with Crippen LogP contribution in [0.15, 0.2) is 18.2 Å². The Kier molecular flexibility index (Phi) is 5.59. The van der Waals surface area contributed by atoms with Gasteiger partial charge in [0.15, 0.2) is 11.9 Å². The monoisotopic (exact) mass is 290 g/mol. The summed E-state index contributed by atoms with van der Waals surface area (Å²) in [5.41, 5.74) is 0.851. The number of Topliss-reactive ketones (excluding diaryl/α,β-unsaturated/α-hetero) is 1. The van der Waals surface area contributed by atoms with Crippen molar-refractivity contribution in [1.82, 2.24) is 0 Å². The molecule has 1 rings (SSSR count). The maximum atomic E-state index is 11.8. The van der Waals surface area contributed by atoms with Crippen molar-refractivity contribution in [2.45, 2.75) is 18.4 Å². The van der Waals surface area contributed by atoms with Crippen molar-refractivity contribution in [3.05, 3.63) is 34.9 Å². The summed E-state index contributed by atoms with van der Waals surface area (Å²) >= 11 is 11.1. The van der Waals surface area contributed by atoms with Crippen molar-refractivity contribution >= 4 is 35.0 Å². The normalized spacial score (nSPS) is 12.2. The highest BCUT2D eigenvalue weighted by molar-refractivity contribution is 6.19. The quantitative estimate of drug-likeness (QED) is 0.623. The topological polar surface area (TPSA) is 74.6 Å². The van der Waals surface area contributed by atoms with E-state index in [2.05, 4.69) is 0 Å². The zero-order chi connectivity index (χ0) is 13.7. The third-order valence-corrected chi connectivity index (χ3v) is 2.92. The van der Waals surface area contributed by atoms with Gasteiger partial charge in [0, 0.05) is 29.3 Å². The van der Waals surface area contributed by atoms with Gasteiger partial charge in [-0.3, -0.25) is 4.79 Å². The predicted octanol–water partition coefficient (Wildman–Crippen LogP) is 2.35. The van der Waals surface area contributed by atoms with Crippen molar-refractivity contribution in [2.75, 3.05) is 5.88 Å². The molecule has 0 radical (unpaired) electrons. The summed E-state index contributed by atoms with van der Waals surface area (Å²) in [7, 11) is 0. The molecule has 4 nitrogen and oxygen atoms in total. The van der Waals surface area contributed by atoms with Gasteiger partial charge in [0.05, 0.1) is 0 Å². The number of aliphatic hydroxyl groups is 1. The number of hydrogen-bond acceptors (Lipinski definition) is 3. The summed E-state index contributed by atoms with van der Waals surface area (Å²) < 4.78 is 0. The Morgan fingerprint density at radius 1 is 1.28 bits per heavy atom. The fraction of sp³-hybridized carbons (Fsp3) is 0.333. The Balaban J connectivity index is 3.24. The van der Waals surface area contributed by atoms with Gasteiger partial charge in [-0.15, -0.1) is 23.2 Å². The van der Waals surface area contributed by atoms with Gasteiger partial charge in [0.25, 0.3) is 0 Å². The molecule has 0 fully saturated rings. The minimum Gasteiger partial charge on any atom is -0.479 e. The van der Waals surface area contributed by atoms with E-state index in [4.69, 9.17) is 28.3 Å². The van der Waals surface area contributed by atoms with Crippen LogP contribution in [0.3, 0.4) is 0 Å². The third kappa shape index (κ3) is 3.45. The fourth-order valence-electron chi connectivity index (χ4n) is 1.53. The molecule has 0 aliphatic carbocycles. The zero-order valence-electron chi connectivity index (χ0n) is 9.40. The number of hydrogen-bond donors (Lipinski definition) is 2. The van der Waals surface area contributed by atoms with Gasteiger partial charge < -0.3 is 10.2 Å².